The summed E-state index contributed by atoms with van der Waals surface area (Å²) in [6.45, 7) is 16.7. The lowest BCUT2D eigenvalue weighted by molar-refractivity contribution is -0.199. The average molecular weight is 563 g/mol. The van der Waals surface area contributed by atoms with Crippen LogP contribution in [0.1, 0.15) is 100 Å². The number of carbonyl (C=O) groups is 4. The summed E-state index contributed by atoms with van der Waals surface area (Å²) in [7, 11) is 1.53. The zero-order valence-electron chi connectivity index (χ0n) is 26.2. The maximum Gasteiger partial charge on any atom is 0.313 e. The summed E-state index contributed by atoms with van der Waals surface area (Å²) in [5.74, 6) is -1.94. The summed E-state index contributed by atoms with van der Waals surface area (Å²) in [6.07, 6.45) is 7.77. The van der Waals surface area contributed by atoms with Crippen molar-refractivity contribution in [3.05, 3.63) is 23.3 Å². The fourth-order valence-electron chi connectivity index (χ4n) is 10.3. The summed E-state index contributed by atoms with van der Waals surface area (Å²) in [6, 6.07) is 2.08. The van der Waals surface area contributed by atoms with Gasteiger partial charge in [0.2, 0.25) is 5.91 Å². The lowest BCUT2D eigenvalue weighted by atomic mass is 9.34. The summed E-state index contributed by atoms with van der Waals surface area (Å²) >= 11 is 0. The highest BCUT2D eigenvalue weighted by atomic mass is 16.6. The SMILES string of the molecule is CC[C@@]1(C(=O)NC)C(=O)C(C#N)=C[C@]2(C)C3=CC(=O)[C@@]45OC(=O)[C@@](CCC(C)(C)C)(CC[C@@]4(C)[C@]3(C)CCC12)C5C. The molecule has 0 aromatic carbocycles. The van der Waals surface area contributed by atoms with Crippen LogP contribution in [0.5, 0.6) is 0 Å². The number of rotatable bonds is 4. The first-order chi connectivity index (χ1) is 18.9. The minimum Gasteiger partial charge on any atom is -0.449 e. The first kappa shape index (κ1) is 29.7. The Kier molecular flexibility index (Phi) is 6.27. The Bertz CT molecular complexity index is 1360. The van der Waals surface area contributed by atoms with Crippen molar-refractivity contribution in [3.8, 4) is 6.07 Å². The lowest BCUT2D eigenvalue weighted by Gasteiger charge is -2.68. The molecule has 1 amide bonds. The molecule has 41 heavy (non-hydrogen) atoms. The van der Waals surface area contributed by atoms with Crippen LogP contribution in [-0.2, 0) is 23.9 Å². The van der Waals surface area contributed by atoms with Crippen molar-refractivity contribution in [1.82, 2.24) is 5.32 Å². The van der Waals surface area contributed by atoms with E-state index in [9.17, 15) is 24.4 Å². The molecule has 7 heteroatoms. The third-order valence-corrected chi connectivity index (χ3v) is 13.0. The number of nitriles is 1. The van der Waals surface area contributed by atoms with E-state index in [1.54, 1.807) is 12.2 Å². The molecule has 1 N–H and O–H groups in total. The van der Waals surface area contributed by atoms with Crippen molar-refractivity contribution in [3.63, 3.8) is 0 Å². The van der Waals surface area contributed by atoms with Gasteiger partial charge in [-0.05, 0) is 73.3 Å². The number of hydrogen-bond donors (Lipinski definition) is 1. The molecule has 0 radical (unpaired) electrons. The largest absolute Gasteiger partial charge is 0.449 e. The predicted octanol–water partition coefficient (Wildman–Crippen LogP) is 5.64. The van der Waals surface area contributed by atoms with Gasteiger partial charge >= 0.3 is 5.97 Å². The molecule has 7 nitrogen and oxygen atoms in total. The predicted molar refractivity (Wildman–Crippen MR) is 154 cm³/mol. The zero-order chi connectivity index (χ0) is 30.6. The van der Waals surface area contributed by atoms with Crippen LogP contribution in [0.25, 0.3) is 0 Å². The van der Waals surface area contributed by atoms with Gasteiger partial charge in [-0.1, -0.05) is 61.5 Å². The monoisotopic (exact) mass is 562 g/mol. The van der Waals surface area contributed by atoms with Crippen molar-refractivity contribution in [2.45, 2.75) is 106 Å². The maximum atomic E-state index is 14.6. The van der Waals surface area contributed by atoms with E-state index >= 15 is 0 Å². The van der Waals surface area contributed by atoms with E-state index in [-0.39, 0.29) is 41.0 Å². The molecule has 4 aliphatic carbocycles. The molecule has 222 valence electrons. The van der Waals surface area contributed by atoms with Gasteiger partial charge in [0.05, 0.1) is 11.0 Å². The number of ether oxygens (including phenoxy) is 1. The Morgan fingerprint density at radius 2 is 1.80 bits per heavy atom. The number of carbonyl (C=O) groups excluding carboxylic acids is 4. The van der Waals surface area contributed by atoms with Crippen LogP contribution >= 0.6 is 0 Å². The molecule has 0 aromatic rings. The first-order valence-corrected chi connectivity index (χ1v) is 15.3. The van der Waals surface area contributed by atoms with Crippen molar-refractivity contribution >= 4 is 23.4 Å². The maximum absolute atomic E-state index is 14.6. The Morgan fingerprint density at radius 3 is 2.37 bits per heavy atom. The number of nitrogens with one attached hydrogen (secondary N) is 1. The molecule has 3 fully saturated rings. The van der Waals surface area contributed by atoms with E-state index in [2.05, 4.69) is 46.0 Å². The van der Waals surface area contributed by atoms with Crippen molar-refractivity contribution in [1.29, 1.82) is 5.26 Å². The summed E-state index contributed by atoms with van der Waals surface area (Å²) < 4.78 is 6.41. The van der Waals surface area contributed by atoms with Gasteiger partial charge in [-0.25, -0.2) is 0 Å². The van der Waals surface area contributed by atoms with Crippen molar-refractivity contribution in [2.24, 2.45) is 44.3 Å². The van der Waals surface area contributed by atoms with Crippen molar-refractivity contribution < 1.29 is 23.9 Å². The Labute approximate surface area is 244 Å². The number of Topliss-reactive ketones (excluding diaryl/α,β-unsaturated/α-hetero) is 1. The summed E-state index contributed by atoms with van der Waals surface area (Å²) in [5.41, 5.74) is -4.58. The Hall–Kier alpha value is -2.75. The Morgan fingerprint density at radius 1 is 1.15 bits per heavy atom. The molecule has 2 saturated carbocycles. The van der Waals surface area contributed by atoms with Crippen LogP contribution in [-0.4, -0.2) is 36.1 Å². The van der Waals surface area contributed by atoms with Crippen LogP contribution in [0.15, 0.2) is 23.3 Å². The molecule has 2 unspecified atom stereocenters. The molecule has 1 spiro atoms. The minimum absolute atomic E-state index is 0.0252. The molecule has 1 heterocycles. The third kappa shape index (κ3) is 3.20. The number of allylic oxidation sites excluding steroid dienone is 3. The molecule has 5 rings (SSSR count). The Balaban J connectivity index is 1.72. The van der Waals surface area contributed by atoms with Crippen molar-refractivity contribution in [2.75, 3.05) is 7.05 Å². The molecule has 1 aliphatic heterocycles. The zero-order valence-corrected chi connectivity index (χ0v) is 26.2. The third-order valence-electron chi connectivity index (χ3n) is 13.0. The average Bonchev–Trinajstić information content (AvgIpc) is 3.06. The van der Waals surface area contributed by atoms with Crippen LogP contribution in [0.2, 0.25) is 0 Å². The van der Waals surface area contributed by atoms with E-state index in [0.29, 0.717) is 32.1 Å². The van der Waals surface area contributed by atoms with E-state index in [1.165, 1.54) is 7.05 Å². The van der Waals surface area contributed by atoms with Crippen LogP contribution in [0, 0.1) is 55.7 Å². The van der Waals surface area contributed by atoms with Gasteiger partial charge in [0.1, 0.15) is 11.5 Å². The molecular formula is C34H46N2O5. The van der Waals surface area contributed by atoms with Gasteiger partial charge in [-0.2, -0.15) is 5.26 Å². The second kappa shape index (κ2) is 8.64. The second-order valence-corrected chi connectivity index (χ2v) is 15.4. The van der Waals surface area contributed by atoms with E-state index in [1.807, 2.05) is 20.8 Å². The topological polar surface area (TPSA) is 113 Å². The number of esters is 1. The minimum atomic E-state index is -1.40. The normalized spacial score (nSPS) is 44.9. The fourth-order valence-corrected chi connectivity index (χ4v) is 10.3. The second-order valence-electron chi connectivity index (χ2n) is 15.4. The highest BCUT2D eigenvalue weighted by Gasteiger charge is 2.81. The highest BCUT2D eigenvalue weighted by Crippen LogP contribution is 2.77. The highest BCUT2D eigenvalue weighted by molar-refractivity contribution is 6.17. The van der Waals surface area contributed by atoms with Gasteiger partial charge in [0.25, 0.3) is 0 Å². The number of nitrogens with zero attached hydrogens (tertiary/aromatic N) is 1. The molecular weight excluding hydrogens is 516 g/mol. The van der Waals surface area contributed by atoms with Gasteiger partial charge in [-0.15, -0.1) is 0 Å². The first-order valence-electron chi connectivity index (χ1n) is 15.3. The van der Waals surface area contributed by atoms with E-state index in [4.69, 9.17) is 4.74 Å². The van der Waals surface area contributed by atoms with Gasteiger partial charge in [0.15, 0.2) is 17.2 Å². The van der Waals surface area contributed by atoms with E-state index in [0.717, 1.165) is 12.0 Å². The van der Waals surface area contributed by atoms with Gasteiger partial charge < -0.3 is 10.1 Å². The van der Waals surface area contributed by atoms with Crippen LogP contribution in [0.4, 0.5) is 0 Å². The lowest BCUT2D eigenvalue weighted by Crippen LogP contribution is -2.71. The molecule has 2 bridgehead atoms. The molecule has 5 aliphatic rings. The van der Waals surface area contributed by atoms with Gasteiger partial charge in [0, 0.05) is 23.8 Å². The van der Waals surface area contributed by atoms with Gasteiger partial charge in [-0.3, -0.25) is 19.2 Å². The summed E-state index contributed by atoms with van der Waals surface area (Å²) in [4.78, 5) is 55.7. The molecule has 1 saturated heterocycles. The van der Waals surface area contributed by atoms with Crippen LogP contribution in [0.3, 0.4) is 0 Å². The molecule has 8 atom stereocenters. The van der Waals surface area contributed by atoms with E-state index < -0.39 is 44.4 Å². The van der Waals surface area contributed by atoms with Crippen LogP contribution < -0.4 is 5.32 Å². The standard InChI is InChI=1S/C34H46N2O5/c1-10-33(26(39)36-9)22-11-12-30(7)23(29(22,6)18-21(19-35)25(33)38)17-24(37)34-20(2)32(27(40)41-34,15-13-28(3,4)5)16-14-31(30,34)8/h17-18,20,22H,10-16H2,1-9H3,(H,36,39)/t20?,22?,29-,30+,31-,32-,33-,34+/m0/s1. The quantitative estimate of drug-likeness (QED) is 0.351. The number of ketones is 2. The fraction of sp³-hybridized carbons (Fsp3) is 0.735. The number of hydrogen-bond acceptors (Lipinski definition) is 6. The smallest absolute Gasteiger partial charge is 0.313 e. The summed E-state index contributed by atoms with van der Waals surface area (Å²) in [5, 5.41) is 12.8. The molecule has 0 aromatic heterocycles. The number of fused-ring (bicyclic) bond motifs is 5. The number of amides is 1.